The van der Waals surface area contributed by atoms with Crippen LogP contribution in [-0.4, -0.2) is 41.2 Å². The lowest BCUT2D eigenvalue weighted by Crippen LogP contribution is -2.41. The van der Waals surface area contributed by atoms with Crippen molar-refractivity contribution in [3.8, 4) is 0 Å². The Morgan fingerprint density at radius 1 is 0.610 bits per heavy atom. The maximum absolute atomic E-state index is 6.18. The summed E-state index contributed by atoms with van der Waals surface area (Å²) in [4.78, 5) is 0. The van der Waals surface area contributed by atoms with Crippen LogP contribution in [0.5, 0.6) is 0 Å². The molecule has 5 rings (SSSR count). The molecule has 218 valence electrons. The van der Waals surface area contributed by atoms with E-state index in [1.54, 1.807) is 0 Å². The molecule has 1 aromatic heterocycles. The lowest BCUT2D eigenvalue weighted by Gasteiger charge is -2.32. The minimum absolute atomic E-state index is 0.346. The van der Waals surface area contributed by atoms with Crippen LogP contribution in [-0.2, 0) is 25.2 Å². The number of aryl methyl sites for hydroxylation is 1. The van der Waals surface area contributed by atoms with Crippen molar-refractivity contribution in [2.75, 3.05) is 0 Å². The van der Waals surface area contributed by atoms with E-state index in [0.29, 0.717) is 0 Å². The van der Waals surface area contributed by atoms with E-state index in [9.17, 15) is 0 Å². The van der Waals surface area contributed by atoms with Crippen molar-refractivity contribution in [1.82, 2.24) is 4.57 Å². The van der Waals surface area contributed by atoms with Crippen molar-refractivity contribution in [3.05, 3.63) is 59.5 Å². The van der Waals surface area contributed by atoms with Crippen molar-refractivity contribution in [2.45, 2.75) is 117 Å². The molecule has 0 N–H and O–H groups in total. The van der Waals surface area contributed by atoms with E-state index in [1.807, 2.05) is 12.0 Å². The lowest BCUT2D eigenvalue weighted by atomic mass is 9.88. The molecule has 0 saturated carbocycles. The van der Waals surface area contributed by atoms with Crippen molar-refractivity contribution in [1.29, 1.82) is 0 Å². The fourth-order valence-corrected chi connectivity index (χ4v) is 5.60. The van der Waals surface area contributed by atoms with Crippen molar-refractivity contribution in [3.63, 3.8) is 0 Å². The van der Waals surface area contributed by atoms with E-state index in [1.165, 1.54) is 47.5 Å². The average molecular weight is 555 g/mol. The van der Waals surface area contributed by atoms with E-state index >= 15 is 0 Å². The molecule has 0 unspecified atom stereocenters. The monoisotopic (exact) mass is 555 g/mol. The van der Waals surface area contributed by atoms with Gasteiger partial charge >= 0.3 is 14.2 Å². The average Bonchev–Trinajstić information content (AvgIpc) is 3.39. The number of unbranched alkanes of at least 4 members (excludes halogenated alkanes) is 3. The molecule has 2 aliphatic heterocycles. The van der Waals surface area contributed by atoms with Crippen LogP contribution in [0, 0.1) is 0 Å². The second kappa shape index (κ2) is 11.1. The Labute approximate surface area is 247 Å². The predicted octanol–water partition coefficient (Wildman–Crippen LogP) is 8.66. The maximum Gasteiger partial charge on any atom is 0.487 e. The number of hydrogen-bond donors (Lipinski definition) is 0. The minimum Gasteiger partial charge on any atom is -0.400 e. The Morgan fingerprint density at radius 2 is 1.02 bits per heavy atom. The van der Waals surface area contributed by atoms with Gasteiger partial charge in [-0.1, -0.05) is 62.4 Å². The van der Waals surface area contributed by atoms with Gasteiger partial charge in [0, 0.05) is 28.4 Å². The van der Waals surface area contributed by atoms with E-state index < -0.39 is 0 Å². The predicted molar refractivity (Wildman–Crippen MR) is 174 cm³/mol. The number of hydrogen-bond acceptors (Lipinski definition) is 4. The fourth-order valence-electron chi connectivity index (χ4n) is 5.60. The Hall–Kier alpha value is -2.31. The highest BCUT2D eigenvalue weighted by Crippen LogP contribution is 2.38. The number of rotatable bonds is 9. The highest BCUT2D eigenvalue weighted by Gasteiger charge is 2.50. The summed E-state index contributed by atoms with van der Waals surface area (Å²) in [6, 6.07) is 13.5. The summed E-state index contributed by atoms with van der Waals surface area (Å²) in [6.07, 6.45) is 9.19. The highest BCUT2D eigenvalue weighted by atomic mass is 16.7. The summed E-state index contributed by atoms with van der Waals surface area (Å²) in [7, 11) is -0.718. The van der Waals surface area contributed by atoms with Gasteiger partial charge in [0.1, 0.15) is 0 Å². The molecule has 2 aliphatic rings. The Morgan fingerprint density at radius 3 is 1.41 bits per heavy atom. The first-order chi connectivity index (χ1) is 19.2. The van der Waals surface area contributed by atoms with Crippen LogP contribution < -0.4 is 0 Å². The topological polar surface area (TPSA) is 41.9 Å². The molecule has 0 amide bonds. The van der Waals surface area contributed by atoms with E-state index in [0.717, 1.165) is 17.7 Å². The molecule has 5 nitrogen and oxygen atoms in total. The minimum atomic E-state index is -0.359. The summed E-state index contributed by atoms with van der Waals surface area (Å²) in [5.41, 5.74) is 3.43. The number of aromatic nitrogens is 1. The van der Waals surface area contributed by atoms with Gasteiger partial charge in [-0.15, -0.1) is 0 Å². The Bertz CT molecular complexity index is 1330. The molecule has 0 aliphatic carbocycles. The zero-order valence-corrected chi connectivity index (χ0v) is 26.5. The third kappa shape index (κ3) is 5.97. The van der Waals surface area contributed by atoms with Crippen molar-refractivity contribution >= 4 is 48.2 Å². The van der Waals surface area contributed by atoms with E-state index in [2.05, 4.69) is 115 Å². The summed E-state index contributed by atoms with van der Waals surface area (Å²) in [6.45, 7) is 20.0. The highest BCUT2D eigenvalue weighted by molar-refractivity contribution is 6.53. The van der Waals surface area contributed by atoms with Gasteiger partial charge in [-0.25, -0.2) is 0 Å². The SMILES string of the molecule is CCCCCCn1c2ccc(/C=C\B3OC(C)(C)C(C)(C)O3)cc2c2cc(/C=C\B3OC(C)(C)C(C)(C)O3)ccc21. The van der Waals surface area contributed by atoms with Crippen LogP contribution in [0.25, 0.3) is 34.0 Å². The summed E-state index contributed by atoms with van der Waals surface area (Å²) in [5, 5.41) is 2.52. The first-order valence-corrected chi connectivity index (χ1v) is 15.4. The first-order valence-electron chi connectivity index (χ1n) is 15.4. The molecule has 2 fully saturated rings. The standard InChI is InChI=1S/C34H47B2NO4/c1-10-11-12-13-22-37-29-16-14-25(18-20-35-38-31(2,3)32(4,5)39-35)23-27(29)28-24-26(15-17-30(28)37)19-21-36-40-33(6,7)34(8,9)41-36/h14-21,23-24H,10-13,22H2,1-9H3/b20-18-,21-19-. The summed E-state index contributed by atoms with van der Waals surface area (Å²) < 4.78 is 27.2. The van der Waals surface area contributed by atoms with Crippen molar-refractivity contribution < 1.29 is 18.6 Å². The van der Waals surface area contributed by atoms with E-state index in [4.69, 9.17) is 18.6 Å². The molecule has 0 atom stereocenters. The quantitative estimate of drug-likeness (QED) is 0.196. The van der Waals surface area contributed by atoms with Crippen LogP contribution >= 0.6 is 0 Å². The number of fused-ring (bicyclic) bond motifs is 3. The number of benzene rings is 2. The molecular formula is C34H47B2NO4. The molecule has 41 heavy (non-hydrogen) atoms. The normalized spacial score (nSPS) is 21.4. The van der Waals surface area contributed by atoms with Gasteiger partial charge in [0.05, 0.1) is 22.4 Å². The molecule has 3 heterocycles. The summed E-state index contributed by atoms with van der Waals surface area (Å²) in [5.74, 6) is 4.06. The van der Waals surface area contributed by atoms with Gasteiger partial charge < -0.3 is 23.2 Å². The molecule has 0 radical (unpaired) electrons. The fraction of sp³-hybridized carbons (Fsp3) is 0.529. The molecule has 7 heteroatoms. The van der Waals surface area contributed by atoms with Gasteiger partial charge in [0.25, 0.3) is 0 Å². The van der Waals surface area contributed by atoms with Crippen LogP contribution in [0.3, 0.4) is 0 Å². The van der Waals surface area contributed by atoms with Gasteiger partial charge in [-0.2, -0.15) is 0 Å². The lowest BCUT2D eigenvalue weighted by molar-refractivity contribution is 0.00578. The molecular weight excluding hydrogens is 508 g/mol. The Kier molecular flexibility index (Phi) is 8.14. The van der Waals surface area contributed by atoms with Gasteiger partial charge in [-0.05, 0) is 97.2 Å². The summed E-state index contributed by atoms with van der Waals surface area (Å²) >= 11 is 0. The third-order valence-electron chi connectivity index (χ3n) is 9.58. The largest absolute Gasteiger partial charge is 0.487 e. The van der Waals surface area contributed by atoms with Gasteiger partial charge in [0.15, 0.2) is 0 Å². The zero-order valence-electron chi connectivity index (χ0n) is 26.5. The second-order valence-electron chi connectivity index (χ2n) is 13.7. The third-order valence-corrected chi connectivity index (χ3v) is 9.58. The Balaban J connectivity index is 1.46. The first kappa shape index (κ1) is 30.2. The van der Waals surface area contributed by atoms with E-state index in [-0.39, 0.29) is 36.6 Å². The van der Waals surface area contributed by atoms with Crippen LogP contribution in [0.4, 0.5) is 0 Å². The second-order valence-corrected chi connectivity index (χ2v) is 13.7. The molecule has 2 aromatic carbocycles. The molecule has 0 spiro atoms. The molecule has 0 bridgehead atoms. The zero-order chi connectivity index (χ0) is 29.6. The van der Waals surface area contributed by atoms with Crippen LogP contribution in [0.15, 0.2) is 48.3 Å². The maximum atomic E-state index is 6.18. The molecule has 3 aromatic rings. The molecule has 2 saturated heterocycles. The number of nitrogens with zero attached hydrogens (tertiary/aromatic N) is 1. The van der Waals surface area contributed by atoms with Crippen LogP contribution in [0.2, 0.25) is 0 Å². The van der Waals surface area contributed by atoms with Gasteiger partial charge in [-0.3, -0.25) is 0 Å². The van der Waals surface area contributed by atoms with Gasteiger partial charge in [0.2, 0.25) is 0 Å². The smallest absolute Gasteiger partial charge is 0.400 e. The van der Waals surface area contributed by atoms with Crippen LogP contribution in [0.1, 0.15) is 99.1 Å². The van der Waals surface area contributed by atoms with Crippen molar-refractivity contribution in [2.24, 2.45) is 0 Å².